The van der Waals surface area contributed by atoms with E-state index >= 15 is 0 Å². The summed E-state index contributed by atoms with van der Waals surface area (Å²) in [6, 6.07) is 22.5. The summed E-state index contributed by atoms with van der Waals surface area (Å²) in [5, 5.41) is 0.479. The van der Waals surface area contributed by atoms with E-state index in [1.807, 2.05) is 42.2 Å². The Hall–Kier alpha value is -2.87. The van der Waals surface area contributed by atoms with Gasteiger partial charge in [-0.15, -0.1) is 0 Å². The van der Waals surface area contributed by atoms with E-state index in [0.29, 0.717) is 18.1 Å². The Labute approximate surface area is 230 Å². The van der Waals surface area contributed by atoms with Crippen molar-refractivity contribution in [2.24, 2.45) is 5.92 Å². The van der Waals surface area contributed by atoms with Crippen molar-refractivity contribution >= 4 is 33.2 Å². The first-order chi connectivity index (χ1) is 18.1. The predicted octanol–water partition coefficient (Wildman–Crippen LogP) is 4.88. The molecule has 3 aromatic rings. The van der Waals surface area contributed by atoms with Gasteiger partial charge in [-0.1, -0.05) is 61.0 Å². The van der Waals surface area contributed by atoms with Crippen LogP contribution in [0.4, 0.5) is 5.69 Å². The predicted molar refractivity (Wildman–Crippen MR) is 152 cm³/mol. The molecule has 2 heterocycles. The second-order valence-corrected chi connectivity index (χ2v) is 13.1. The topological polar surface area (TPSA) is 60.9 Å². The van der Waals surface area contributed by atoms with Crippen molar-refractivity contribution in [3.63, 3.8) is 0 Å². The summed E-state index contributed by atoms with van der Waals surface area (Å²) in [6.07, 6.45) is 0. The molecule has 0 aliphatic carbocycles. The minimum Gasteiger partial charge on any atom is -0.368 e. The number of rotatable bonds is 5. The van der Waals surface area contributed by atoms with E-state index in [1.165, 1.54) is 33.3 Å². The molecular formula is C30H34ClN3O3S. The lowest BCUT2D eigenvalue weighted by Gasteiger charge is -2.40. The molecule has 8 heteroatoms. The molecule has 1 unspecified atom stereocenters. The molecule has 5 rings (SSSR count). The average molecular weight is 552 g/mol. The molecule has 2 saturated heterocycles. The van der Waals surface area contributed by atoms with Crippen molar-refractivity contribution in [3.05, 3.63) is 94.5 Å². The van der Waals surface area contributed by atoms with Crippen molar-refractivity contribution < 1.29 is 13.2 Å². The van der Waals surface area contributed by atoms with Gasteiger partial charge < -0.3 is 9.80 Å². The fraction of sp³-hybridized carbons (Fsp3) is 0.367. The van der Waals surface area contributed by atoms with Crippen LogP contribution in [0.25, 0.3) is 0 Å². The lowest BCUT2D eigenvalue weighted by molar-refractivity contribution is -0.136. The van der Waals surface area contributed by atoms with Crippen LogP contribution in [0, 0.1) is 19.8 Å². The number of carbonyl (C=O) groups excluding carboxylic acids is 1. The highest BCUT2D eigenvalue weighted by Gasteiger charge is 2.52. The molecule has 6 nitrogen and oxygen atoms in total. The maximum atomic E-state index is 14.1. The number of piperazine rings is 1. The van der Waals surface area contributed by atoms with Crippen molar-refractivity contribution in [3.8, 4) is 0 Å². The highest BCUT2D eigenvalue weighted by Crippen LogP contribution is 2.42. The van der Waals surface area contributed by atoms with Gasteiger partial charge in [0.05, 0.1) is 10.8 Å². The molecule has 2 fully saturated rings. The first-order valence-electron chi connectivity index (χ1n) is 13.0. The fourth-order valence-corrected chi connectivity index (χ4v) is 7.48. The van der Waals surface area contributed by atoms with Gasteiger partial charge >= 0.3 is 0 Å². The van der Waals surface area contributed by atoms with Crippen LogP contribution in [0.5, 0.6) is 0 Å². The van der Waals surface area contributed by atoms with Crippen LogP contribution in [-0.4, -0.2) is 62.8 Å². The zero-order valence-corrected chi connectivity index (χ0v) is 23.7. The fourth-order valence-electron chi connectivity index (χ4n) is 5.80. The van der Waals surface area contributed by atoms with E-state index in [1.54, 1.807) is 12.1 Å². The van der Waals surface area contributed by atoms with Gasteiger partial charge in [-0.05, 0) is 60.9 Å². The number of anilines is 1. The van der Waals surface area contributed by atoms with Crippen molar-refractivity contribution in [1.29, 1.82) is 0 Å². The van der Waals surface area contributed by atoms with Gasteiger partial charge in [-0.25, -0.2) is 8.42 Å². The van der Waals surface area contributed by atoms with E-state index in [9.17, 15) is 13.2 Å². The molecule has 0 N–H and O–H groups in total. The Kier molecular flexibility index (Phi) is 7.29. The zero-order valence-electron chi connectivity index (χ0n) is 22.1. The summed E-state index contributed by atoms with van der Waals surface area (Å²) in [4.78, 5) is 18.5. The lowest BCUT2D eigenvalue weighted by atomic mass is 9.73. The number of aryl methyl sites for hydroxylation is 2. The van der Waals surface area contributed by atoms with Crippen LogP contribution in [0.15, 0.2) is 77.7 Å². The number of hydrogen-bond donors (Lipinski definition) is 0. The third-order valence-corrected chi connectivity index (χ3v) is 10.2. The Morgan fingerprint density at radius 2 is 1.58 bits per heavy atom. The van der Waals surface area contributed by atoms with E-state index in [2.05, 4.69) is 36.9 Å². The zero-order chi connectivity index (χ0) is 27.1. The molecule has 38 heavy (non-hydrogen) atoms. The molecule has 0 radical (unpaired) electrons. The van der Waals surface area contributed by atoms with Gasteiger partial charge in [0.15, 0.2) is 0 Å². The second kappa shape index (κ2) is 10.4. The Bertz CT molecular complexity index is 1420. The SMILES string of the molecule is Cc1ccc(C)c(N2CCN(C(=O)[C@@H]3CN(S(=O)(=O)c4ccc(Cl)cc4)CC3(C)c3ccccc3)CC2)c1. The third-order valence-electron chi connectivity index (χ3n) is 8.14. The summed E-state index contributed by atoms with van der Waals surface area (Å²) in [5.74, 6) is -0.468. The quantitative estimate of drug-likeness (QED) is 0.453. The van der Waals surface area contributed by atoms with Crippen LogP contribution in [-0.2, 0) is 20.2 Å². The van der Waals surface area contributed by atoms with E-state index in [0.717, 1.165) is 18.7 Å². The smallest absolute Gasteiger partial charge is 0.243 e. The van der Waals surface area contributed by atoms with E-state index < -0.39 is 21.4 Å². The highest BCUT2D eigenvalue weighted by atomic mass is 35.5. The summed E-state index contributed by atoms with van der Waals surface area (Å²) < 4.78 is 28.7. The van der Waals surface area contributed by atoms with Crippen LogP contribution in [0.1, 0.15) is 23.6 Å². The maximum Gasteiger partial charge on any atom is 0.243 e. The molecule has 2 atom stereocenters. The Balaban J connectivity index is 1.40. The third kappa shape index (κ3) is 4.95. The molecule has 0 saturated carbocycles. The Morgan fingerprint density at radius 1 is 0.921 bits per heavy atom. The number of amides is 1. The number of benzene rings is 3. The highest BCUT2D eigenvalue weighted by molar-refractivity contribution is 7.89. The first kappa shape index (κ1) is 26.7. The minimum atomic E-state index is -3.79. The van der Waals surface area contributed by atoms with Crippen molar-refractivity contribution in [2.75, 3.05) is 44.2 Å². The van der Waals surface area contributed by atoms with Gasteiger partial charge in [0, 0.05) is 55.4 Å². The number of halogens is 1. The lowest BCUT2D eigenvalue weighted by Crippen LogP contribution is -2.53. The molecule has 3 aromatic carbocycles. The molecule has 1 amide bonds. The summed E-state index contributed by atoms with van der Waals surface area (Å²) in [6.45, 7) is 9.33. The largest absolute Gasteiger partial charge is 0.368 e. The molecule has 0 bridgehead atoms. The van der Waals surface area contributed by atoms with E-state index in [4.69, 9.17) is 11.6 Å². The maximum absolute atomic E-state index is 14.1. The van der Waals surface area contributed by atoms with Crippen LogP contribution in [0.2, 0.25) is 5.02 Å². The standard InChI is InChI=1S/C30H34ClN3O3S/c1-22-9-10-23(2)28(19-22)32-15-17-33(18-16-32)29(35)27-20-34(21-30(27,3)24-7-5-4-6-8-24)38(36,37)26-13-11-25(31)12-14-26/h4-14,19,27H,15-18,20-21H2,1-3H3/t27-,30?/m0/s1. The number of hydrogen-bond acceptors (Lipinski definition) is 4. The molecule has 2 aliphatic heterocycles. The summed E-state index contributed by atoms with van der Waals surface area (Å²) >= 11 is 6.00. The molecule has 0 aromatic heterocycles. The van der Waals surface area contributed by atoms with Crippen LogP contribution in [0.3, 0.4) is 0 Å². The molecule has 2 aliphatic rings. The number of sulfonamides is 1. The average Bonchev–Trinajstić information content (AvgIpc) is 3.30. The van der Waals surface area contributed by atoms with Crippen molar-refractivity contribution in [1.82, 2.24) is 9.21 Å². The van der Waals surface area contributed by atoms with Crippen LogP contribution >= 0.6 is 11.6 Å². The minimum absolute atomic E-state index is 0.0192. The van der Waals surface area contributed by atoms with Gasteiger partial charge in [0.25, 0.3) is 0 Å². The van der Waals surface area contributed by atoms with Crippen molar-refractivity contribution in [2.45, 2.75) is 31.1 Å². The molecule has 0 spiro atoms. The molecule has 200 valence electrons. The summed E-state index contributed by atoms with van der Waals surface area (Å²) in [5.41, 5.74) is 3.98. The van der Waals surface area contributed by atoms with Gasteiger partial charge in [-0.2, -0.15) is 4.31 Å². The first-order valence-corrected chi connectivity index (χ1v) is 14.8. The number of carbonyl (C=O) groups is 1. The number of nitrogens with zero attached hydrogens (tertiary/aromatic N) is 3. The second-order valence-electron chi connectivity index (χ2n) is 10.7. The normalized spacial score (nSPS) is 22.6. The summed E-state index contributed by atoms with van der Waals surface area (Å²) in [7, 11) is -3.79. The van der Waals surface area contributed by atoms with Gasteiger partial charge in [-0.3, -0.25) is 4.79 Å². The van der Waals surface area contributed by atoms with Gasteiger partial charge in [0.1, 0.15) is 0 Å². The monoisotopic (exact) mass is 551 g/mol. The molecular weight excluding hydrogens is 518 g/mol. The van der Waals surface area contributed by atoms with Gasteiger partial charge in [0.2, 0.25) is 15.9 Å². The van der Waals surface area contributed by atoms with Crippen LogP contribution < -0.4 is 4.90 Å². The van der Waals surface area contributed by atoms with E-state index in [-0.39, 0.29) is 23.9 Å². The Morgan fingerprint density at radius 3 is 2.24 bits per heavy atom.